The molecule has 3 aromatic rings. The first-order valence-electron chi connectivity index (χ1n) is 9.28. The number of rotatable bonds is 3. The van der Waals surface area contributed by atoms with Crippen LogP contribution in [0.1, 0.15) is 34.2 Å². The number of aryl methyl sites for hydroxylation is 2. The molecule has 0 aliphatic carbocycles. The average molecular weight is 340 g/mol. The maximum atomic E-state index is 6.09. The van der Waals surface area contributed by atoms with Crippen LogP contribution in [0.15, 0.2) is 72.8 Å². The lowest BCUT2D eigenvalue weighted by atomic mass is 9.87. The van der Waals surface area contributed by atoms with Crippen molar-refractivity contribution in [3.63, 3.8) is 0 Å². The summed E-state index contributed by atoms with van der Waals surface area (Å²) in [4.78, 5) is 0. The summed E-state index contributed by atoms with van der Waals surface area (Å²) >= 11 is 0. The van der Waals surface area contributed by atoms with Gasteiger partial charge in [-0.3, -0.25) is 0 Å². The van der Waals surface area contributed by atoms with Gasteiger partial charge < -0.3 is 4.74 Å². The van der Waals surface area contributed by atoms with Crippen LogP contribution in [0, 0.1) is 13.8 Å². The van der Waals surface area contributed by atoms with Crippen molar-refractivity contribution in [3.05, 3.63) is 101 Å². The average Bonchev–Trinajstić information content (AvgIpc) is 2.83. The van der Waals surface area contributed by atoms with Crippen LogP contribution in [0.4, 0.5) is 0 Å². The number of allylic oxidation sites excluding steroid dienone is 1. The van der Waals surface area contributed by atoms with E-state index < -0.39 is 0 Å². The molecule has 0 unspecified atom stereocenters. The van der Waals surface area contributed by atoms with Crippen molar-refractivity contribution in [2.75, 3.05) is 6.61 Å². The summed E-state index contributed by atoms with van der Waals surface area (Å²) in [5.74, 6) is 0.998. The van der Waals surface area contributed by atoms with Crippen LogP contribution in [-0.2, 0) is 6.42 Å². The molecule has 0 atom stereocenters. The first kappa shape index (κ1) is 16.7. The second-order valence-corrected chi connectivity index (χ2v) is 7.03. The maximum Gasteiger partial charge on any atom is 0.126 e. The fourth-order valence-corrected chi connectivity index (χ4v) is 3.87. The topological polar surface area (TPSA) is 9.23 Å². The first-order valence-corrected chi connectivity index (χ1v) is 9.28. The van der Waals surface area contributed by atoms with E-state index in [4.69, 9.17) is 4.74 Å². The van der Waals surface area contributed by atoms with Crippen LogP contribution >= 0.6 is 0 Å². The Morgan fingerprint density at radius 2 is 1.58 bits per heavy atom. The van der Waals surface area contributed by atoms with E-state index in [1.165, 1.54) is 39.0 Å². The molecular formula is C25H24O. The Morgan fingerprint density at radius 1 is 0.808 bits per heavy atom. The summed E-state index contributed by atoms with van der Waals surface area (Å²) in [7, 11) is 0. The molecule has 0 fully saturated rings. The number of fused-ring (bicyclic) bond motifs is 1. The van der Waals surface area contributed by atoms with Gasteiger partial charge in [-0.2, -0.15) is 0 Å². The highest BCUT2D eigenvalue weighted by atomic mass is 16.5. The molecule has 1 heterocycles. The van der Waals surface area contributed by atoms with Crippen molar-refractivity contribution >= 4 is 11.1 Å². The minimum absolute atomic E-state index is 0.720. The molecule has 1 aliphatic rings. The largest absolute Gasteiger partial charge is 0.493 e. The van der Waals surface area contributed by atoms with Gasteiger partial charge in [0.25, 0.3) is 0 Å². The van der Waals surface area contributed by atoms with Crippen LogP contribution in [0.5, 0.6) is 5.75 Å². The number of ether oxygens (including phenoxy) is 1. The Labute approximate surface area is 156 Å². The smallest absolute Gasteiger partial charge is 0.126 e. The highest BCUT2D eigenvalue weighted by molar-refractivity contribution is 5.94. The monoisotopic (exact) mass is 340 g/mol. The Hall–Kier alpha value is -2.80. The van der Waals surface area contributed by atoms with E-state index in [9.17, 15) is 0 Å². The molecular weight excluding hydrogens is 316 g/mol. The zero-order valence-corrected chi connectivity index (χ0v) is 15.5. The Bertz CT molecular complexity index is 951. The number of hydrogen-bond donors (Lipinski definition) is 0. The number of benzene rings is 3. The van der Waals surface area contributed by atoms with Gasteiger partial charge >= 0.3 is 0 Å². The van der Waals surface area contributed by atoms with E-state index in [-0.39, 0.29) is 0 Å². The minimum atomic E-state index is 0.720. The molecule has 0 amide bonds. The van der Waals surface area contributed by atoms with Crippen LogP contribution in [0.2, 0.25) is 0 Å². The third-order valence-electron chi connectivity index (χ3n) is 5.12. The second kappa shape index (κ2) is 7.21. The minimum Gasteiger partial charge on any atom is -0.493 e. The standard InChI is InChI=1S/C25H24O/c1-18-12-13-21(19(2)16-18)22-14-15-26-25-11-7-6-10-23(25)24(22)17-20-8-4-3-5-9-20/h3-13,16H,14-15,17H2,1-2H3. The third-order valence-corrected chi connectivity index (χ3v) is 5.12. The molecule has 0 saturated heterocycles. The van der Waals surface area contributed by atoms with Crippen molar-refractivity contribution in [1.82, 2.24) is 0 Å². The summed E-state index contributed by atoms with van der Waals surface area (Å²) in [6, 6.07) is 26.0. The second-order valence-electron chi connectivity index (χ2n) is 7.03. The number of para-hydroxylation sites is 1. The van der Waals surface area contributed by atoms with Crippen molar-refractivity contribution in [2.45, 2.75) is 26.7 Å². The normalized spacial score (nSPS) is 13.8. The number of hydrogen-bond acceptors (Lipinski definition) is 1. The summed E-state index contributed by atoms with van der Waals surface area (Å²) in [5.41, 5.74) is 9.35. The van der Waals surface area contributed by atoms with Crippen molar-refractivity contribution < 1.29 is 4.74 Å². The van der Waals surface area contributed by atoms with E-state index >= 15 is 0 Å². The summed E-state index contributed by atoms with van der Waals surface area (Å²) < 4.78 is 6.09. The molecule has 3 aromatic carbocycles. The zero-order valence-electron chi connectivity index (χ0n) is 15.5. The molecule has 0 bridgehead atoms. The molecule has 1 heteroatoms. The molecule has 0 saturated carbocycles. The lowest BCUT2D eigenvalue weighted by Gasteiger charge is -2.17. The van der Waals surface area contributed by atoms with E-state index in [0.29, 0.717) is 0 Å². The van der Waals surface area contributed by atoms with Crippen LogP contribution in [0.3, 0.4) is 0 Å². The Kier molecular flexibility index (Phi) is 4.62. The molecule has 0 radical (unpaired) electrons. The molecule has 0 spiro atoms. The summed E-state index contributed by atoms with van der Waals surface area (Å²) in [5, 5.41) is 0. The van der Waals surface area contributed by atoms with Crippen molar-refractivity contribution in [1.29, 1.82) is 0 Å². The lowest BCUT2D eigenvalue weighted by molar-refractivity contribution is 0.328. The first-order chi connectivity index (χ1) is 12.7. The van der Waals surface area contributed by atoms with E-state index in [0.717, 1.165) is 25.2 Å². The van der Waals surface area contributed by atoms with Crippen molar-refractivity contribution in [3.8, 4) is 5.75 Å². The van der Waals surface area contributed by atoms with Crippen LogP contribution in [0.25, 0.3) is 11.1 Å². The predicted molar refractivity (Wildman–Crippen MR) is 109 cm³/mol. The Balaban J connectivity index is 1.92. The van der Waals surface area contributed by atoms with Gasteiger partial charge in [0.1, 0.15) is 5.75 Å². The van der Waals surface area contributed by atoms with Gasteiger partial charge in [0.05, 0.1) is 6.61 Å². The zero-order chi connectivity index (χ0) is 17.9. The molecule has 1 aliphatic heterocycles. The molecule has 26 heavy (non-hydrogen) atoms. The maximum absolute atomic E-state index is 6.09. The third kappa shape index (κ3) is 3.30. The van der Waals surface area contributed by atoms with Gasteiger partial charge in [-0.25, -0.2) is 0 Å². The molecule has 130 valence electrons. The fourth-order valence-electron chi connectivity index (χ4n) is 3.87. The SMILES string of the molecule is Cc1ccc(C2=C(Cc3ccccc3)c3ccccc3OCC2)c(C)c1. The molecule has 0 N–H and O–H groups in total. The summed E-state index contributed by atoms with van der Waals surface area (Å²) in [6.07, 6.45) is 1.85. The van der Waals surface area contributed by atoms with Gasteiger partial charge in [0.2, 0.25) is 0 Å². The van der Waals surface area contributed by atoms with Gasteiger partial charge in [-0.1, -0.05) is 72.3 Å². The fraction of sp³-hybridized carbons (Fsp3) is 0.200. The molecule has 1 nitrogen and oxygen atoms in total. The predicted octanol–water partition coefficient (Wildman–Crippen LogP) is 6.24. The summed E-state index contributed by atoms with van der Waals surface area (Å²) in [6.45, 7) is 5.09. The highest BCUT2D eigenvalue weighted by Gasteiger charge is 2.20. The Morgan fingerprint density at radius 3 is 2.38 bits per heavy atom. The quantitative estimate of drug-likeness (QED) is 0.548. The van der Waals surface area contributed by atoms with Gasteiger partial charge in [-0.15, -0.1) is 0 Å². The van der Waals surface area contributed by atoms with Gasteiger partial charge in [0.15, 0.2) is 0 Å². The van der Waals surface area contributed by atoms with E-state index in [2.05, 4.69) is 86.6 Å². The molecule has 0 aromatic heterocycles. The van der Waals surface area contributed by atoms with Gasteiger partial charge in [0, 0.05) is 12.0 Å². The van der Waals surface area contributed by atoms with Crippen LogP contribution in [-0.4, -0.2) is 6.61 Å². The lowest BCUT2D eigenvalue weighted by Crippen LogP contribution is -1.99. The van der Waals surface area contributed by atoms with Crippen LogP contribution < -0.4 is 4.74 Å². The van der Waals surface area contributed by atoms with E-state index in [1.54, 1.807) is 0 Å². The van der Waals surface area contributed by atoms with Gasteiger partial charge in [-0.05, 0) is 54.2 Å². The van der Waals surface area contributed by atoms with E-state index in [1.807, 2.05) is 0 Å². The highest BCUT2D eigenvalue weighted by Crippen LogP contribution is 2.39. The van der Waals surface area contributed by atoms with Crippen molar-refractivity contribution in [2.24, 2.45) is 0 Å². The molecule has 4 rings (SSSR count).